The summed E-state index contributed by atoms with van der Waals surface area (Å²) in [6.45, 7) is 0. The Morgan fingerprint density at radius 1 is 1.44 bits per heavy atom. The number of ketones is 1. The van der Waals surface area contributed by atoms with Gasteiger partial charge in [0.05, 0.1) is 4.88 Å². The van der Waals surface area contributed by atoms with Gasteiger partial charge in [0, 0.05) is 24.1 Å². The Kier molecular flexibility index (Phi) is 2.64. The van der Waals surface area contributed by atoms with Crippen molar-refractivity contribution in [3.05, 3.63) is 28.2 Å². The molecule has 18 heavy (non-hydrogen) atoms. The highest BCUT2D eigenvalue weighted by atomic mass is 35.5. The Bertz CT molecular complexity index is 632. The molecular weight excluding hydrogens is 280 g/mol. The summed E-state index contributed by atoms with van der Waals surface area (Å²) < 4.78 is 25.5. The zero-order chi connectivity index (χ0) is 12.9. The smallest absolute Gasteiger partial charge is 0.249 e. The zero-order valence-corrected chi connectivity index (χ0v) is 10.7. The van der Waals surface area contributed by atoms with Crippen LogP contribution in [0, 0.1) is 5.92 Å². The molecule has 2 heterocycles. The van der Waals surface area contributed by atoms with Gasteiger partial charge in [0.25, 0.3) is 0 Å². The summed E-state index contributed by atoms with van der Waals surface area (Å²) in [5.74, 6) is -3.43. The SMILES string of the molecule is O=C(c1cc2ccc(Cl)nc2s1)C1CC(F)(F)C1. The van der Waals surface area contributed by atoms with Crippen LogP contribution >= 0.6 is 22.9 Å². The van der Waals surface area contributed by atoms with E-state index in [1.165, 1.54) is 11.3 Å². The fourth-order valence-electron chi connectivity index (χ4n) is 2.06. The van der Waals surface area contributed by atoms with Crippen molar-refractivity contribution in [1.29, 1.82) is 0 Å². The van der Waals surface area contributed by atoms with E-state index in [9.17, 15) is 13.6 Å². The number of rotatable bonds is 2. The van der Waals surface area contributed by atoms with Crippen LogP contribution in [0.2, 0.25) is 5.15 Å². The van der Waals surface area contributed by atoms with Crippen molar-refractivity contribution in [1.82, 2.24) is 4.98 Å². The van der Waals surface area contributed by atoms with Gasteiger partial charge in [-0.3, -0.25) is 4.79 Å². The van der Waals surface area contributed by atoms with Crippen LogP contribution in [-0.4, -0.2) is 16.7 Å². The minimum Gasteiger partial charge on any atom is -0.293 e. The predicted molar refractivity (Wildman–Crippen MR) is 66.6 cm³/mol. The van der Waals surface area contributed by atoms with Crippen molar-refractivity contribution >= 4 is 38.9 Å². The third-order valence-electron chi connectivity index (χ3n) is 3.05. The van der Waals surface area contributed by atoms with Crippen LogP contribution in [0.1, 0.15) is 22.5 Å². The highest BCUT2D eigenvalue weighted by Crippen LogP contribution is 2.44. The first kappa shape index (κ1) is 12.0. The van der Waals surface area contributed by atoms with Crippen LogP contribution in [0.25, 0.3) is 10.2 Å². The van der Waals surface area contributed by atoms with E-state index in [-0.39, 0.29) is 18.6 Å². The largest absolute Gasteiger partial charge is 0.293 e. The summed E-state index contributed by atoms with van der Waals surface area (Å²) in [5, 5.41) is 1.18. The second-order valence-electron chi connectivity index (χ2n) is 4.46. The monoisotopic (exact) mass is 287 g/mol. The van der Waals surface area contributed by atoms with Crippen molar-refractivity contribution in [2.24, 2.45) is 5.92 Å². The highest BCUT2D eigenvalue weighted by molar-refractivity contribution is 7.20. The molecule has 0 bridgehead atoms. The summed E-state index contributed by atoms with van der Waals surface area (Å²) in [5.41, 5.74) is 0. The van der Waals surface area contributed by atoms with E-state index < -0.39 is 11.8 Å². The molecule has 0 aromatic carbocycles. The number of aromatic nitrogens is 1. The third-order valence-corrected chi connectivity index (χ3v) is 4.32. The summed E-state index contributed by atoms with van der Waals surface area (Å²) in [6.07, 6.45) is -0.678. The molecule has 0 atom stereocenters. The number of thiophene rings is 1. The Labute approximate surface area is 111 Å². The maximum atomic E-state index is 12.7. The molecule has 1 fully saturated rings. The number of hydrogen-bond donors (Lipinski definition) is 0. The van der Waals surface area contributed by atoms with Crippen molar-refractivity contribution < 1.29 is 13.6 Å². The van der Waals surface area contributed by atoms with Crippen LogP contribution in [-0.2, 0) is 0 Å². The second kappa shape index (κ2) is 3.96. The van der Waals surface area contributed by atoms with Gasteiger partial charge >= 0.3 is 0 Å². The lowest BCUT2D eigenvalue weighted by Gasteiger charge is -2.33. The van der Waals surface area contributed by atoms with E-state index in [0.717, 1.165) is 5.39 Å². The predicted octanol–water partition coefficient (Wildman–Crippen LogP) is 4.18. The molecule has 0 unspecified atom stereocenters. The Morgan fingerprint density at radius 3 is 2.83 bits per heavy atom. The van der Waals surface area contributed by atoms with Gasteiger partial charge in [-0.1, -0.05) is 11.6 Å². The van der Waals surface area contributed by atoms with E-state index in [0.29, 0.717) is 14.9 Å². The van der Waals surface area contributed by atoms with Crippen LogP contribution in [0.3, 0.4) is 0 Å². The number of fused-ring (bicyclic) bond motifs is 1. The van der Waals surface area contributed by atoms with Crippen molar-refractivity contribution in [2.75, 3.05) is 0 Å². The average Bonchev–Trinajstić information content (AvgIpc) is 2.67. The second-order valence-corrected chi connectivity index (χ2v) is 5.88. The fourth-order valence-corrected chi connectivity index (χ4v) is 3.31. The fraction of sp³-hybridized carbons (Fsp3) is 0.333. The molecule has 6 heteroatoms. The topological polar surface area (TPSA) is 30.0 Å². The van der Waals surface area contributed by atoms with Crippen LogP contribution in [0.5, 0.6) is 0 Å². The molecule has 1 aliphatic rings. The lowest BCUT2D eigenvalue weighted by molar-refractivity contribution is -0.0981. The number of carbonyl (C=O) groups excluding carboxylic acids is 1. The molecule has 3 rings (SSSR count). The van der Waals surface area contributed by atoms with Crippen LogP contribution < -0.4 is 0 Å². The standard InChI is InChI=1S/C12H8ClF2NOS/c13-9-2-1-6-3-8(18-11(6)16-9)10(17)7-4-12(14,15)5-7/h1-3,7H,4-5H2. The first-order chi connectivity index (χ1) is 8.44. The lowest BCUT2D eigenvalue weighted by Crippen LogP contribution is -2.39. The molecule has 0 aliphatic heterocycles. The van der Waals surface area contributed by atoms with Crippen LogP contribution in [0.4, 0.5) is 8.78 Å². The van der Waals surface area contributed by atoms with Gasteiger partial charge in [-0.25, -0.2) is 13.8 Å². The number of pyridine rings is 1. The molecular formula is C12H8ClF2NOS. The summed E-state index contributed by atoms with van der Waals surface area (Å²) >= 11 is 6.96. The molecule has 0 N–H and O–H groups in total. The van der Waals surface area contributed by atoms with Gasteiger partial charge in [0.1, 0.15) is 9.98 Å². The maximum Gasteiger partial charge on any atom is 0.249 e. The highest BCUT2D eigenvalue weighted by Gasteiger charge is 2.48. The first-order valence-corrected chi connectivity index (χ1v) is 6.62. The van der Waals surface area contributed by atoms with Crippen molar-refractivity contribution in [3.8, 4) is 0 Å². The van der Waals surface area contributed by atoms with Crippen molar-refractivity contribution in [3.63, 3.8) is 0 Å². The van der Waals surface area contributed by atoms with Gasteiger partial charge < -0.3 is 0 Å². The number of hydrogen-bond acceptors (Lipinski definition) is 3. The maximum absolute atomic E-state index is 12.7. The van der Waals surface area contributed by atoms with Gasteiger partial charge in [0.15, 0.2) is 5.78 Å². The molecule has 0 saturated heterocycles. The number of alkyl halides is 2. The van der Waals surface area contributed by atoms with Crippen LogP contribution in [0.15, 0.2) is 18.2 Å². The van der Waals surface area contributed by atoms with E-state index in [2.05, 4.69) is 4.98 Å². The number of nitrogens with zero attached hydrogens (tertiary/aromatic N) is 1. The molecule has 1 aliphatic carbocycles. The minimum atomic E-state index is -2.67. The number of carbonyl (C=O) groups is 1. The molecule has 1 saturated carbocycles. The summed E-state index contributed by atoms with van der Waals surface area (Å²) in [7, 11) is 0. The quantitative estimate of drug-likeness (QED) is 0.613. The van der Waals surface area contributed by atoms with Crippen molar-refractivity contribution in [2.45, 2.75) is 18.8 Å². The molecule has 2 nitrogen and oxygen atoms in total. The molecule has 2 aromatic rings. The van der Waals surface area contributed by atoms with E-state index in [1.54, 1.807) is 18.2 Å². The Hall–Kier alpha value is -1.07. The molecule has 2 aromatic heterocycles. The summed E-state index contributed by atoms with van der Waals surface area (Å²) in [6, 6.07) is 5.11. The van der Waals surface area contributed by atoms with E-state index >= 15 is 0 Å². The number of halogens is 3. The molecule has 94 valence electrons. The minimum absolute atomic E-state index is 0.208. The van der Waals surface area contributed by atoms with E-state index in [4.69, 9.17) is 11.6 Å². The number of Topliss-reactive ketones (excluding diaryl/α,β-unsaturated/α-hetero) is 1. The Balaban J connectivity index is 1.88. The van der Waals surface area contributed by atoms with Gasteiger partial charge in [0.2, 0.25) is 5.92 Å². The summed E-state index contributed by atoms with van der Waals surface area (Å²) in [4.78, 5) is 17.2. The molecule has 0 spiro atoms. The molecule has 0 radical (unpaired) electrons. The Morgan fingerprint density at radius 2 is 2.17 bits per heavy atom. The normalized spacial score (nSPS) is 18.8. The van der Waals surface area contributed by atoms with Gasteiger partial charge in [-0.05, 0) is 18.2 Å². The lowest BCUT2D eigenvalue weighted by atomic mass is 9.78. The third kappa shape index (κ3) is 2.01. The molecule has 0 amide bonds. The average molecular weight is 288 g/mol. The van der Waals surface area contributed by atoms with Gasteiger partial charge in [-0.2, -0.15) is 0 Å². The van der Waals surface area contributed by atoms with Gasteiger partial charge in [-0.15, -0.1) is 11.3 Å². The first-order valence-electron chi connectivity index (χ1n) is 5.43. The zero-order valence-electron chi connectivity index (χ0n) is 9.12. The van der Waals surface area contributed by atoms with E-state index in [1.807, 2.05) is 0 Å².